The number of piperidine rings is 1. The number of hydrogen-bond acceptors (Lipinski definition) is 2. The lowest BCUT2D eigenvalue weighted by Crippen LogP contribution is -2.60. The highest BCUT2D eigenvalue weighted by atomic mass is 35.5. The first-order chi connectivity index (χ1) is 7.65. The number of amides is 1. The number of carbonyl (C=O) groups is 1. The van der Waals surface area contributed by atoms with E-state index in [1.165, 1.54) is 0 Å². The van der Waals surface area contributed by atoms with E-state index in [2.05, 4.69) is 45.3 Å². The summed E-state index contributed by atoms with van der Waals surface area (Å²) in [7, 11) is 0. The molecule has 0 radical (unpaired) electrons. The van der Waals surface area contributed by atoms with Crippen molar-refractivity contribution in [2.24, 2.45) is 5.92 Å². The Bertz CT molecular complexity index is 273. The summed E-state index contributed by atoms with van der Waals surface area (Å²) in [4.78, 5) is 11.3. The third-order valence-corrected chi connectivity index (χ3v) is 3.68. The third-order valence-electron chi connectivity index (χ3n) is 3.44. The Morgan fingerprint density at radius 2 is 1.82 bits per heavy atom. The molecule has 0 aromatic heterocycles. The lowest BCUT2D eigenvalue weighted by atomic mass is 9.73. The molecule has 4 heteroatoms. The van der Waals surface area contributed by atoms with Crippen molar-refractivity contribution in [2.45, 2.75) is 64.6 Å². The van der Waals surface area contributed by atoms with E-state index in [1.807, 2.05) is 0 Å². The lowest BCUT2D eigenvalue weighted by Gasteiger charge is -2.48. The van der Waals surface area contributed by atoms with Crippen LogP contribution in [0.2, 0.25) is 0 Å². The van der Waals surface area contributed by atoms with E-state index >= 15 is 0 Å². The van der Waals surface area contributed by atoms with Gasteiger partial charge in [-0.05, 0) is 53.4 Å². The van der Waals surface area contributed by atoms with Gasteiger partial charge in [-0.15, -0.1) is 11.6 Å². The quantitative estimate of drug-likeness (QED) is 0.765. The van der Waals surface area contributed by atoms with Gasteiger partial charge in [0.25, 0.3) is 0 Å². The fourth-order valence-electron chi connectivity index (χ4n) is 3.17. The van der Waals surface area contributed by atoms with Crippen LogP contribution in [0.4, 0.5) is 0 Å². The fraction of sp³-hybridized carbons (Fsp3) is 0.923. The van der Waals surface area contributed by atoms with Crippen LogP contribution in [0.5, 0.6) is 0 Å². The topological polar surface area (TPSA) is 41.1 Å². The van der Waals surface area contributed by atoms with Gasteiger partial charge >= 0.3 is 0 Å². The molecule has 1 rings (SSSR count). The molecule has 2 N–H and O–H groups in total. The van der Waals surface area contributed by atoms with E-state index in [4.69, 9.17) is 11.6 Å². The highest BCUT2D eigenvalue weighted by Crippen LogP contribution is 2.34. The second-order valence-electron chi connectivity index (χ2n) is 6.55. The highest BCUT2D eigenvalue weighted by molar-refractivity contribution is 6.27. The van der Waals surface area contributed by atoms with Crippen LogP contribution < -0.4 is 10.6 Å². The Morgan fingerprint density at radius 3 is 2.24 bits per heavy atom. The fourth-order valence-corrected chi connectivity index (χ4v) is 3.24. The zero-order chi connectivity index (χ0) is 13.3. The second kappa shape index (κ2) is 5.15. The predicted molar refractivity (Wildman–Crippen MR) is 72.3 cm³/mol. The van der Waals surface area contributed by atoms with Crippen LogP contribution in [0, 0.1) is 5.92 Å². The normalized spacial score (nSPS) is 25.3. The summed E-state index contributed by atoms with van der Waals surface area (Å²) in [6.45, 7) is 11.0. The van der Waals surface area contributed by atoms with Gasteiger partial charge in [0.1, 0.15) is 5.88 Å². The minimum Gasteiger partial charge on any atom is -0.352 e. The van der Waals surface area contributed by atoms with Crippen molar-refractivity contribution in [3.05, 3.63) is 0 Å². The third kappa shape index (κ3) is 4.47. The predicted octanol–water partition coefficient (Wildman–Crippen LogP) is 2.29. The summed E-state index contributed by atoms with van der Waals surface area (Å²) in [6.07, 6.45) is 2.14. The molecule has 1 heterocycles. The summed E-state index contributed by atoms with van der Waals surface area (Å²) in [5.41, 5.74) is 0.235. The van der Waals surface area contributed by atoms with Gasteiger partial charge in [0.2, 0.25) is 5.91 Å². The van der Waals surface area contributed by atoms with Crippen LogP contribution in [0.3, 0.4) is 0 Å². The molecule has 1 saturated heterocycles. The Hall–Kier alpha value is -0.280. The summed E-state index contributed by atoms with van der Waals surface area (Å²) in [6, 6.07) is 0.182. The number of nitrogens with one attached hydrogen (secondary N) is 2. The molecule has 3 nitrogen and oxygen atoms in total. The Labute approximate surface area is 110 Å². The number of rotatable bonds is 3. The molecule has 1 fully saturated rings. The Morgan fingerprint density at radius 1 is 1.35 bits per heavy atom. The van der Waals surface area contributed by atoms with Gasteiger partial charge in [0.05, 0.1) is 0 Å². The maximum atomic E-state index is 11.3. The molecule has 1 aliphatic rings. The van der Waals surface area contributed by atoms with Gasteiger partial charge in [0, 0.05) is 17.1 Å². The van der Waals surface area contributed by atoms with Gasteiger partial charge in [-0.25, -0.2) is 0 Å². The van der Waals surface area contributed by atoms with Crippen LogP contribution >= 0.6 is 11.6 Å². The van der Waals surface area contributed by atoms with Crippen molar-refractivity contribution in [3.63, 3.8) is 0 Å². The number of hydrogen-bond donors (Lipinski definition) is 2. The molecule has 0 bridgehead atoms. The van der Waals surface area contributed by atoms with Gasteiger partial charge in [-0.1, -0.05) is 0 Å². The number of alkyl halides is 1. The first kappa shape index (κ1) is 14.8. The Balaban J connectivity index is 2.67. The largest absolute Gasteiger partial charge is 0.352 e. The van der Waals surface area contributed by atoms with E-state index in [9.17, 15) is 4.79 Å². The zero-order valence-corrected chi connectivity index (χ0v) is 12.3. The van der Waals surface area contributed by atoms with E-state index in [0.717, 1.165) is 12.8 Å². The standard InChI is InChI=1S/C13H25ClN2O/c1-9(15-11(17)8-14)10-6-12(2,3)16-13(4,5)7-10/h9-10,16H,6-8H2,1-5H3,(H,15,17). The van der Waals surface area contributed by atoms with Gasteiger partial charge in [-0.3, -0.25) is 4.79 Å². The lowest BCUT2D eigenvalue weighted by molar-refractivity contribution is -0.119. The molecule has 0 spiro atoms. The van der Waals surface area contributed by atoms with Crippen molar-refractivity contribution in [2.75, 3.05) is 5.88 Å². The first-order valence-corrected chi connectivity index (χ1v) is 6.83. The van der Waals surface area contributed by atoms with Crippen LogP contribution in [0.15, 0.2) is 0 Å². The maximum Gasteiger partial charge on any atom is 0.235 e. The molecule has 1 amide bonds. The molecule has 0 aromatic carbocycles. The van der Waals surface area contributed by atoms with Crippen molar-refractivity contribution in [1.29, 1.82) is 0 Å². The second-order valence-corrected chi connectivity index (χ2v) is 6.82. The molecule has 100 valence electrons. The highest BCUT2D eigenvalue weighted by Gasteiger charge is 2.39. The monoisotopic (exact) mass is 260 g/mol. The summed E-state index contributed by atoms with van der Waals surface area (Å²) >= 11 is 5.52. The SMILES string of the molecule is CC(NC(=O)CCl)C1CC(C)(C)NC(C)(C)C1. The first-order valence-electron chi connectivity index (χ1n) is 6.30. The molecule has 0 aromatic rings. The molecule has 1 atom stereocenters. The summed E-state index contributed by atoms with van der Waals surface area (Å²) in [5.74, 6) is 0.462. The van der Waals surface area contributed by atoms with Crippen LogP contribution in [0.25, 0.3) is 0 Å². The van der Waals surface area contributed by atoms with Gasteiger partial charge < -0.3 is 10.6 Å². The summed E-state index contributed by atoms with van der Waals surface area (Å²) in [5, 5.41) is 6.62. The van der Waals surface area contributed by atoms with Crippen molar-refractivity contribution in [1.82, 2.24) is 10.6 Å². The molecular formula is C13H25ClN2O. The van der Waals surface area contributed by atoms with E-state index in [0.29, 0.717) is 5.92 Å². The smallest absolute Gasteiger partial charge is 0.235 e. The average Bonchev–Trinajstić information content (AvgIpc) is 2.12. The van der Waals surface area contributed by atoms with E-state index < -0.39 is 0 Å². The molecule has 17 heavy (non-hydrogen) atoms. The average molecular weight is 261 g/mol. The molecular weight excluding hydrogens is 236 g/mol. The minimum absolute atomic E-state index is 0.0437. The van der Waals surface area contributed by atoms with Crippen molar-refractivity contribution < 1.29 is 4.79 Å². The van der Waals surface area contributed by atoms with Gasteiger partial charge in [-0.2, -0.15) is 0 Å². The van der Waals surface area contributed by atoms with Gasteiger partial charge in [0.15, 0.2) is 0 Å². The van der Waals surface area contributed by atoms with Crippen LogP contribution in [0.1, 0.15) is 47.5 Å². The number of carbonyl (C=O) groups excluding carboxylic acids is 1. The number of halogens is 1. The van der Waals surface area contributed by atoms with Crippen LogP contribution in [-0.2, 0) is 4.79 Å². The zero-order valence-electron chi connectivity index (χ0n) is 11.6. The Kier molecular flexibility index (Phi) is 4.48. The maximum absolute atomic E-state index is 11.3. The van der Waals surface area contributed by atoms with Crippen molar-refractivity contribution >= 4 is 17.5 Å². The minimum atomic E-state index is -0.0756. The van der Waals surface area contributed by atoms with Crippen LogP contribution in [-0.4, -0.2) is 28.9 Å². The van der Waals surface area contributed by atoms with E-state index in [1.54, 1.807) is 0 Å². The van der Waals surface area contributed by atoms with Crippen molar-refractivity contribution in [3.8, 4) is 0 Å². The molecule has 1 unspecified atom stereocenters. The molecule has 0 saturated carbocycles. The van der Waals surface area contributed by atoms with E-state index in [-0.39, 0.29) is 28.9 Å². The summed E-state index contributed by atoms with van der Waals surface area (Å²) < 4.78 is 0. The molecule has 1 aliphatic heterocycles. The molecule has 0 aliphatic carbocycles.